The lowest BCUT2D eigenvalue weighted by Crippen LogP contribution is -2.38. The van der Waals surface area contributed by atoms with Gasteiger partial charge in [0, 0.05) is 22.7 Å². The molecule has 0 saturated carbocycles. The molecule has 1 aliphatic heterocycles. The van der Waals surface area contributed by atoms with Crippen molar-refractivity contribution in [1.29, 1.82) is 0 Å². The molecule has 194 valence electrons. The van der Waals surface area contributed by atoms with Crippen LogP contribution in [0.1, 0.15) is 34.7 Å². The molecule has 1 N–H and O–H groups in total. The van der Waals surface area contributed by atoms with Crippen LogP contribution in [0.5, 0.6) is 5.75 Å². The van der Waals surface area contributed by atoms with Gasteiger partial charge in [0.05, 0.1) is 26.1 Å². The first-order valence-electron chi connectivity index (χ1n) is 11.8. The van der Waals surface area contributed by atoms with Crippen LogP contribution in [0.25, 0.3) is 11.8 Å². The molecule has 0 unspecified atom stereocenters. The number of thiazole rings is 1. The van der Waals surface area contributed by atoms with Crippen LogP contribution in [0.4, 0.5) is 11.4 Å². The van der Waals surface area contributed by atoms with Crippen LogP contribution in [-0.4, -0.2) is 19.5 Å². The zero-order valence-electron chi connectivity index (χ0n) is 19.9. The number of phenols is 1. The molecule has 10 nitrogen and oxygen atoms in total. The third-order valence-electron chi connectivity index (χ3n) is 6.84. The van der Waals surface area contributed by atoms with Gasteiger partial charge in [0.1, 0.15) is 0 Å². The van der Waals surface area contributed by atoms with Gasteiger partial charge in [-0.25, -0.2) is 4.99 Å². The van der Waals surface area contributed by atoms with Gasteiger partial charge in [-0.3, -0.25) is 29.6 Å². The van der Waals surface area contributed by atoms with E-state index >= 15 is 0 Å². The summed E-state index contributed by atoms with van der Waals surface area (Å²) in [4.78, 5) is 40.1. The molecule has 2 aliphatic rings. The summed E-state index contributed by atoms with van der Waals surface area (Å²) in [7, 11) is 0. The van der Waals surface area contributed by atoms with Gasteiger partial charge in [0.15, 0.2) is 4.80 Å². The van der Waals surface area contributed by atoms with Crippen LogP contribution >= 0.6 is 22.9 Å². The number of rotatable bonds is 4. The number of nitro benzene ring substituents is 2. The van der Waals surface area contributed by atoms with Crippen LogP contribution in [-0.2, 0) is 6.42 Å². The van der Waals surface area contributed by atoms with Gasteiger partial charge in [-0.2, -0.15) is 0 Å². The lowest BCUT2D eigenvalue weighted by molar-refractivity contribution is -0.396. The summed E-state index contributed by atoms with van der Waals surface area (Å²) in [5, 5.41) is 33.4. The predicted octanol–water partition coefficient (Wildman–Crippen LogP) is 4.49. The summed E-state index contributed by atoms with van der Waals surface area (Å²) in [5.41, 5.74) is 2.81. The summed E-state index contributed by atoms with van der Waals surface area (Å²) in [6.45, 7) is 0. The summed E-state index contributed by atoms with van der Waals surface area (Å²) < 4.78 is 1.78. The van der Waals surface area contributed by atoms with Crippen molar-refractivity contribution in [2.24, 2.45) is 4.99 Å². The van der Waals surface area contributed by atoms with Crippen LogP contribution in [0.2, 0.25) is 5.02 Å². The van der Waals surface area contributed by atoms with Crippen molar-refractivity contribution < 1.29 is 15.0 Å². The Morgan fingerprint density at radius 1 is 1.03 bits per heavy atom. The number of hydrogen-bond donors (Lipinski definition) is 1. The van der Waals surface area contributed by atoms with Gasteiger partial charge in [0.2, 0.25) is 0 Å². The summed E-state index contributed by atoms with van der Waals surface area (Å²) in [6, 6.07) is 16.8. The van der Waals surface area contributed by atoms with E-state index in [4.69, 9.17) is 16.6 Å². The van der Waals surface area contributed by atoms with Gasteiger partial charge in [-0.1, -0.05) is 59.3 Å². The van der Waals surface area contributed by atoms with E-state index in [-0.39, 0.29) is 15.7 Å². The molecule has 12 heteroatoms. The number of benzene rings is 3. The molecule has 1 atom stereocenters. The number of aromatic nitrogens is 1. The lowest BCUT2D eigenvalue weighted by atomic mass is 9.83. The maximum atomic E-state index is 13.8. The Kier molecular flexibility index (Phi) is 5.89. The van der Waals surface area contributed by atoms with E-state index in [2.05, 4.69) is 6.07 Å². The summed E-state index contributed by atoms with van der Waals surface area (Å²) in [5.74, 6) is -1.04. The number of nitro groups is 2. The first-order valence-corrected chi connectivity index (χ1v) is 13.0. The zero-order valence-corrected chi connectivity index (χ0v) is 21.5. The third-order valence-corrected chi connectivity index (χ3v) is 8.08. The molecule has 2 heterocycles. The van der Waals surface area contributed by atoms with Crippen molar-refractivity contribution in [1.82, 2.24) is 4.57 Å². The van der Waals surface area contributed by atoms with E-state index in [1.54, 1.807) is 16.7 Å². The van der Waals surface area contributed by atoms with Crippen molar-refractivity contribution in [3.63, 3.8) is 0 Å². The number of phenolic OH excluding ortho intramolecular Hbond substituents is 1. The molecule has 1 aromatic heterocycles. The number of halogens is 1. The maximum absolute atomic E-state index is 13.8. The number of nitrogens with zero attached hydrogens (tertiary/aromatic N) is 4. The van der Waals surface area contributed by atoms with Crippen LogP contribution in [0.15, 0.2) is 76.0 Å². The van der Waals surface area contributed by atoms with Crippen LogP contribution < -0.4 is 14.9 Å². The molecular weight excluding hydrogens is 544 g/mol. The first-order chi connectivity index (χ1) is 18.7. The second kappa shape index (κ2) is 9.29. The largest absolute Gasteiger partial charge is 0.497 e. The van der Waals surface area contributed by atoms with Gasteiger partial charge in [-0.15, -0.1) is 0 Å². The first kappa shape index (κ1) is 24.7. The SMILES string of the molecule is O=c1/c(=C/c2cc([N+](=O)[O-])c(O)c([N+](=O)[O-])c2)sc2n1[C@@H](c1ccc(Cl)cc1)C1=C(N=2)c2ccccc2CC1. The molecule has 0 spiro atoms. The normalized spacial score (nSPS) is 16.2. The van der Waals surface area contributed by atoms with Crippen molar-refractivity contribution >= 4 is 46.1 Å². The highest BCUT2D eigenvalue weighted by Crippen LogP contribution is 2.41. The molecule has 4 aromatic rings. The lowest BCUT2D eigenvalue weighted by Gasteiger charge is -2.30. The minimum atomic E-state index is -1.04. The topological polar surface area (TPSA) is 141 Å². The van der Waals surface area contributed by atoms with Crippen molar-refractivity contribution in [3.8, 4) is 5.75 Å². The fourth-order valence-electron chi connectivity index (χ4n) is 5.11. The Labute approximate surface area is 228 Å². The van der Waals surface area contributed by atoms with E-state index in [1.165, 1.54) is 6.08 Å². The number of aryl methyl sites for hydroxylation is 1. The smallest absolute Gasteiger partial charge is 0.318 e. The third kappa shape index (κ3) is 4.12. The van der Waals surface area contributed by atoms with Crippen molar-refractivity contribution in [2.75, 3.05) is 0 Å². The predicted molar refractivity (Wildman–Crippen MR) is 146 cm³/mol. The molecule has 0 radical (unpaired) electrons. The molecule has 1 aliphatic carbocycles. The molecule has 0 fully saturated rings. The maximum Gasteiger partial charge on any atom is 0.318 e. The summed E-state index contributed by atoms with van der Waals surface area (Å²) in [6.07, 6.45) is 2.84. The van der Waals surface area contributed by atoms with E-state index in [0.717, 1.165) is 57.9 Å². The molecule has 0 saturated heterocycles. The highest BCUT2D eigenvalue weighted by Gasteiger charge is 2.33. The molecule has 39 heavy (non-hydrogen) atoms. The standard InChI is InChI=1S/C27H17ClN4O6S/c28-17-8-5-16(6-9-17)24-19-10-7-15-3-1-2-4-18(15)23(19)29-27-30(24)26(34)22(39-27)13-14-11-20(31(35)36)25(33)21(12-14)32(37)38/h1-6,8-9,11-13,24,33H,7,10H2/b22-13-/t24-/m0/s1. The Bertz CT molecular complexity index is 1890. The monoisotopic (exact) mass is 560 g/mol. The Hall–Kier alpha value is -4.61. The Morgan fingerprint density at radius 3 is 2.36 bits per heavy atom. The van der Waals surface area contributed by atoms with Crippen LogP contribution in [0.3, 0.4) is 0 Å². The Morgan fingerprint density at radius 2 is 1.69 bits per heavy atom. The number of hydrogen-bond acceptors (Lipinski definition) is 8. The average molecular weight is 561 g/mol. The second-order valence-electron chi connectivity index (χ2n) is 9.09. The second-order valence-corrected chi connectivity index (χ2v) is 10.5. The number of aromatic hydroxyl groups is 1. The molecular formula is C27H17ClN4O6S. The number of fused-ring (bicyclic) bond motifs is 3. The summed E-state index contributed by atoms with van der Waals surface area (Å²) >= 11 is 7.23. The van der Waals surface area contributed by atoms with Gasteiger partial charge in [0.25, 0.3) is 11.3 Å². The van der Waals surface area contributed by atoms with Gasteiger partial charge < -0.3 is 5.11 Å². The Balaban J connectivity index is 1.61. The van der Waals surface area contributed by atoms with E-state index in [0.29, 0.717) is 16.2 Å². The molecule has 0 bridgehead atoms. The fraction of sp³-hybridized carbons (Fsp3) is 0.111. The molecule has 3 aromatic carbocycles. The van der Waals surface area contributed by atoms with E-state index in [1.807, 2.05) is 30.3 Å². The minimum absolute atomic E-state index is 0.0357. The van der Waals surface area contributed by atoms with E-state index < -0.39 is 33.0 Å². The quantitative estimate of drug-likeness (QED) is 0.288. The highest BCUT2D eigenvalue weighted by molar-refractivity contribution is 7.07. The molecule has 0 amide bonds. The van der Waals surface area contributed by atoms with Crippen LogP contribution in [0, 0.1) is 20.2 Å². The van der Waals surface area contributed by atoms with Crippen molar-refractivity contribution in [2.45, 2.75) is 18.9 Å². The van der Waals surface area contributed by atoms with Gasteiger partial charge >= 0.3 is 11.4 Å². The zero-order chi connectivity index (χ0) is 27.4. The highest BCUT2D eigenvalue weighted by atomic mass is 35.5. The number of allylic oxidation sites excluding steroid dienone is 1. The van der Waals surface area contributed by atoms with E-state index in [9.17, 15) is 30.1 Å². The van der Waals surface area contributed by atoms with Crippen molar-refractivity contribution in [3.05, 3.63) is 133 Å². The fourth-order valence-corrected chi connectivity index (χ4v) is 6.23. The molecule has 6 rings (SSSR count). The average Bonchev–Trinajstić information content (AvgIpc) is 3.22. The van der Waals surface area contributed by atoms with Gasteiger partial charge in [-0.05, 0) is 53.3 Å². The minimum Gasteiger partial charge on any atom is -0.497 e.